The van der Waals surface area contributed by atoms with Crippen LogP contribution < -0.4 is 14.8 Å². The Morgan fingerprint density at radius 3 is 2.44 bits per heavy atom. The predicted molar refractivity (Wildman–Crippen MR) is 132 cm³/mol. The van der Waals surface area contributed by atoms with Crippen molar-refractivity contribution >= 4 is 17.8 Å². The summed E-state index contributed by atoms with van der Waals surface area (Å²) >= 11 is 0. The molecule has 8 nitrogen and oxygen atoms in total. The van der Waals surface area contributed by atoms with Crippen LogP contribution in [0.4, 0.5) is 4.79 Å². The van der Waals surface area contributed by atoms with E-state index in [1.54, 1.807) is 0 Å². The minimum Gasteiger partial charge on any atom is -0.454 e. The molecule has 1 atom stereocenters. The number of fused-ring (bicyclic) bond motifs is 2. The lowest BCUT2D eigenvalue weighted by Crippen LogP contribution is -2.55. The van der Waals surface area contributed by atoms with Gasteiger partial charge in [-0.3, -0.25) is 14.5 Å². The van der Waals surface area contributed by atoms with E-state index in [9.17, 15) is 14.4 Å². The number of piperidine rings is 1. The smallest absolute Gasteiger partial charge is 0.325 e. The van der Waals surface area contributed by atoms with Gasteiger partial charge in [0.15, 0.2) is 11.5 Å². The maximum Gasteiger partial charge on any atom is 0.325 e. The van der Waals surface area contributed by atoms with Crippen LogP contribution in [0.5, 0.6) is 11.5 Å². The SMILES string of the molecule is C[C@@]1(C2CCN(C(=O)CCc3ccc4c(c3)OCO4)CC2)NC(=O)N(C2Cc3ccccc3C2)C1=O. The molecule has 0 unspecified atom stereocenters. The monoisotopic (exact) mass is 489 g/mol. The van der Waals surface area contributed by atoms with E-state index >= 15 is 0 Å². The van der Waals surface area contributed by atoms with Crippen LogP contribution in [0.25, 0.3) is 0 Å². The Balaban J connectivity index is 1.04. The first-order chi connectivity index (χ1) is 17.4. The maximum atomic E-state index is 13.6. The lowest BCUT2D eigenvalue weighted by Gasteiger charge is -2.39. The first-order valence-corrected chi connectivity index (χ1v) is 12.8. The Morgan fingerprint density at radius 2 is 1.72 bits per heavy atom. The molecule has 3 heterocycles. The molecular formula is C28H31N3O5. The summed E-state index contributed by atoms with van der Waals surface area (Å²) in [6.07, 6.45) is 3.87. The summed E-state index contributed by atoms with van der Waals surface area (Å²) in [5.74, 6) is 1.46. The number of rotatable bonds is 5. The van der Waals surface area contributed by atoms with E-state index in [4.69, 9.17) is 9.47 Å². The fraction of sp³-hybridized carbons (Fsp3) is 0.464. The van der Waals surface area contributed by atoms with Crippen molar-refractivity contribution in [1.82, 2.24) is 15.1 Å². The molecule has 4 amide bonds. The van der Waals surface area contributed by atoms with Crippen LogP contribution in [0, 0.1) is 5.92 Å². The number of likely N-dealkylation sites (tertiary alicyclic amines) is 1. The second-order valence-corrected chi connectivity index (χ2v) is 10.5. The summed E-state index contributed by atoms with van der Waals surface area (Å²) in [5, 5.41) is 3.03. The third-order valence-electron chi connectivity index (χ3n) is 8.37. The van der Waals surface area contributed by atoms with E-state index in [0.29, 0.717) is 51.6 Å². The topological polar surface area (TPSA) is 88.2 Å². The van der Waals surface area contributed by atoms with Crippen molar-refractivity contribution in [2.75, 3.05) is 19.9 Å². The Kier molecular flexibility index (Phi) is 5.62. The molecule has 0 aromatic heterocycles. The lowest BCUT2D eigenvalue weighted by atomic mass is 9.78. The van der Waals surface area contributed by atoms with Crippen molar-refractivity contribution in [2.45, 2.75) is 57.0 Å². The third kappa shape index (κ3) is 3.88. The number of carbonyl (C=O) groups excluding carboxylic acids is 3. The van der Waals surface area contributed by atoms with E-state index in [1.807, 2.05) is 42.2 Å². The average molecular weight is 490 g/mol. The Morgan fingerprint density at radius 1 is 1.03 bits per heavy atom. The van der Waals surface area contributed by atoms with Gasteiger partial charge in [-0.15, -0.1) is 0 Å². The fourth-order valence-corrected chi connectivity index (χ4v) is 6.22. The van der Waals surface area contributed by atoms with Crippen LogP contribution >= 0.6 is 0 Å². The van der Waals surface area contributed by atoms with Gasteiger partial charge in [-0.1, -0.05) is 30.3 Å². The minimum atomic E-state index is -0.923. The third-order valence-corrected chi connectivity index (χ3v) is 8.37. The van der Waals surface area contributed by atoms with Crippen LogP contribution in [-0.4, -0.2) is 59.1 Å². The minimum absolute atomic E-state index is 0.000591. The van der Waals surface area contributed by atoms with Gasteiger partial charge in [-0.2, -0.15) is 0 Å². The summed E-state index contributed by atoms with van der Waals surface area (Å²) in [5.41, 5.74) is 2.55. The van der Waals surface area contributed by atoms with Crippen LogP contribution in [0.2, 0.25) is 0 Å². The average Bonchev–Trinajstić information content (AvgIpc) is 3.58. The van der Waals surface area contributed by atoms with Gasteiger partial charge in [0.05, 0.1) is 0 Å². The zero-order valence-electron chi connectivity index (χ0n) is 20.5. The van der Waals surface area contributed by atoms with Gasteiger partial charge in [-0.25, -0.2) is 4.79 Å². The molecule has 2 saturated heterocycles. The highest BCUT2D eigenvalue weighted by Gasteiger charge is 2.55. The van der Waals surface area contributed by atoms with E-state index < -0.39 is 5.54 Å². The van der Waals surface area contributed by atoms with Crippen molar-refractivity contribution in [2.24, 2.45) is 5.92 Å². The largest absolute Gasteiger partial charge is 0.454 e. The second-order valence-electron chi connectivity index (χ2n) is 10.5. The molecule has 6 rings (SSSR count). The second kappa shape index (κ2) is 8.84. The van der Waals surface area contributed by atoms with E-state index in [-0.39, 0.29) is 36.6 Å². The molecule has 4 aliphatic rings. The summed E-state index contributed by atoms with van der Waals surface area (Å²) in [6.45, 7) is 3.29. The maximum absolute atomic E-state index is 13.6. The molecule has 2 fully saturated rings. The Labute approximate surface area is 210 Å². The molecule has 8 heteroatoms. The zero-order chi connectivity index (χ0) is 24.9. The van der Waals surface area contributed by atoms with Crippen molar-refractivity contribution in [3.05, 3.63) is 59.2 Å². The summed E-state index contributed by atoms with van der Waals surface area (Å²) in [7, 11) is 0. The van der Waals surface area contributed by atoms with Crippen molar-refractivity contribution in [1.29, 1.82) is 0 Å². The van der Waals surface area contributed by atoms with Crippen LogP contribution in [0.3, 0.4) is 0 Å². The lowest BCUT2D eigenvalue weighted by molar-refractivity contribution is -0.136. The first kappa shape index (κ1) is 22.9. The molecule has 188 valence electrons. The quantitative estimate of drug-likeness (QED) is 0.653. The van der Waals surface area contributed by atoms with E-state index in [0.717, 1.165) is 17.1 Å². The molecule has 0 radical (unpaired) electrons. The van der Waals surface area contributed by atoms with Gasteiger partial charge in [0.1, 0.15) is 5.54 Å². The normalized spacial score (nSPS) is 23.8. The number of hydrogen-bond donors (Lipinski definition) is 1. The molecule has 1 N–H and O–H groups in total. The van der Waals surface area contributed by atoms with Crippen LogP contribution in [-0.2, 0) is 28.9 Å². The van der Waals surface area contributed by atoms with Crippen LogP contribution in [0.1, 0.15) is 42.9 Å². The number of ether oxygens (including phenoxy) is 2. The van der Waals surface area contributed by atoms with Gasteiger partial charge in [0.25, 0.3) is 5.91 Å². The van der Waals surface area contributed by atoms with E-state index in [2.05, 4.69) is 17.4 Å². The van der Waals surface area contributed by atoms with Crippen molar-refractivity contribution in [3.63, 3.8) is 0 Å². The number of benzene rings is 2. The molecule has 0 spiro atoms. The number of urea groups is 1. The molecule has 1 aliphatic carbocycles. The summed E-state index contributed by atoms with van der Waals surface area (Å²) in [6, 6.07) is 13.5. The molecule has 2 aromatic rings. The standard InChI is InChI=1S/C28H31N3O5/c1-28(26(33)31(27(34)29-28)22-15-19-4-2-3-5-20(19)16-22)21-10-12-30(13-11-21)25(32)9-7-18-6-8-23-24(14-18)36-17-35-23/h2-6,8,14,21-22H,7,9-13,15-17H2,1H3,(H,29,34)/t28-/m0/s1. The van der Waals surface area contributed by atoms with Gasteiger partial charge in [0, 0.05) is 25.6 Å². The first-order valence-electron chi connectivity index (χ1n) is 12.8. The van der Waals surface area contributed by atoms with Gasteiger partial charge >= 0.3 is 6.03 Å². The number of nitrogens with one attached hydrogen (secondary N) is 1. The van der Waals surface area contributed by atoms with Crippen LogP contribution in [0.15, 0.2) is 42.5 Å². The highest BCUT2D eigenvalue weighted by atomic mass is 16.7. The zero-order valence-corrected chi connectivity index (χ0v) is 20.5. The number of nitrogens with zero attached hydrogens (tertiary/aromatic N) is 2. The number of amides is 4. The van der Waals surface area contributed by atoms with Gasteiger partial charge in [0.2, 0.25) is 12.7 Å². The highest BCUT2D eigenvalue weighted by molar-refractivity contribution is 6.07. The predicted octanol–water partition coefficient (Wildman–Crippen LogP) is 3.06. The molecule has 0 saturated carbocycles. The number of imide groups is 1. The molecule has 0 bridgehead atoms. The Bertz CT molecular complexity index is 1200. The van der Waals surface area contributed by atoms with E-state index in [1.165, 1.54) is 16.0 Å². The Hall–Kier alpha value is -3.55. The summed E-state index contributed by atoms with van der Waals surface area (Å²) in [4.78, 5) is 42.8. The molecular weight excluding hydrogens is 458 g/mol. The van der Waals surface area contributed by atoms with Gasteiger partial charge < -0.3 is 19.7 Å². The number of carbonyl (C=O) groups is 3. The number of hydrogen-bond acceptors (Lipinski definition) is 5. The molecule has 3 aliphatic heterocycles. The van der Waals surface area contributed by atoms with Gasteiger partial charge in [-0.05, 0) is 73.8 Å². The van der Waals surface area contributed by atoms with Crippen molar-refractivity contribution < 1.29 is 23.9 Å². The fourth-order valence-electron chi connectivity index (χ4n) is 6.22. The highest BCUT2D eigenvalue weighted by Crippen LogP contribution is 2.37. The molecule has 2 aromatic carbocycles. The summed E-state index contributed by atoms with van der Waals surface area (Å²) < 4.78 is 10.8. The molecule has 36 heavy (non-hydrogen) atoms. The number of aryl methyl sites for hydroxylation is 1. The van der Waals surface area contributed by atoms with Crippen molar-refractivity contribution in [3.8, 4) is 11.5 Å².